The minimum atomic E-state index is -4.60. The Morgan fingerprint density at radius 2 is 1.95 bits per heavy atom. The second-order valence-electron chi connectivity index (χ2n) is 5.03. The van der Waals surface area contributed by atoms with Crippen LogP contribution in [0.3, 0.4) is 0 Å². The van der Waals surface area contributed by atoms with E-state index in [0.717, 1.165) is 25.1 Å². The quantitative estimate of drug-likeness (QED) is 0.878. The van der Waals surface area contributed by atoms with E-state index in [4.69, 9.17) is 0 Å². The van der Waals surface area contributed by atoms with Crippen molar-refractivity contribution in [3.05, 3.63) is 47.5 Å². The predicted molar refractivity (Wildman–Crippen MR) is 68.4 cm³/mol. The van der Waals surface area contributed by atoms with Gasteiger partial charge in [0.1, 0.15) is 11.5 Å². The highest BCUT2D eigenvalue weighted by atomic mass is 19.4. The number of hydrogen-bond donors (Lipinski definition) is 1. The van der Waals surface area contributed by atoms with Gasteiger partial charge < -0.3 is 5.32 Å². The fourth-order valence-corrected chi connectivity index (χ4v) is 2.16. The number of aromatic nitrogens is 2. The standard InChI is InChI=1S/C14H13F4N3/c15-11-3-1-2-4-12(11)21-13(14(16,17)18)9(8-20-21)7-19-10-5-6-10/h1-4,8,10,19H,5-7H2. The van der Waals surface area contributed by atoms with Gasteiger partial charge in [-0.3, -0.25) is 0 Å². The van der Waals surface area contributed by atoms with Crippen LogP contribution in [-0.4, -0.2) is 15.8 Å². The van der Waals surface area contributed by atoms with Crippen molar-refractivity contribution >= 4 is 0 Å². The van der Waals surface area contributed by atoms with Crippen LogP contribution < -0.4 is 5.32 Å². The van der Waals surface area contributed by atoms with Gasteiger partial charge in [-0.2, -0.15) is 18.3 Å². The highest BCUT2D eigenvalue weighted by Crippen LogP contribution is 2.34. The number of nitrogens with one attached hydrogen (secondary N) is 1. The van der Waals surface area contributed by atoms with Crippen molar-refractivity contribution < 1.29 is 17.6 Å². The maximum atomic E-state index is 13.7. The zero-order valence-electron chi connectivity index (χ0n) is 11.0. The van der Waals surface area contributed by atoms with Gasteiger partial charge in [0.2, 0.25) is 0 Å². The van der Waals surface area contributed by atoms with Crippen LogP contribution in [0, 0.1) is 5.82 Å². The van der Waals surface area contributed by atoms with Crippen molar-refractivity contribution in [1.29, 1.82) is 0 Å². The summed E-state index contributed by atoms with van der Waals surface area (Å²) in [7, 11) is 0. The molecule has 21 heavy (non-hydrogen) atoms. The summed E-state index contributed by atoms with van der Waals surface area (Å²) in [6.45, 7) is 0.0773. The van der Waals surface area contributed by atoms with Crippen LogP contribution in [0.1, 0.15) is 24.1 Å². The Morgan fingerprint density at radius 3 is 2.57 bits per heavy atom. The molecule has 0 atom stereocenters. The predicted octanol–water partition coefficient (Wildman–Crippen LogP) is 3.28. The molecule has 0 bridgehead atoms. The topological polar surface area (TPSA) is 29.9 Å². The molecule has 0 amide bonds. The molecule has 1 fully saturated rings. The van der Waals surface area contributed by atoms with E-state index in [1.54, 1.807) is 0 Å². The number of hydrogen-bond acceptors (Lipinski definition) is 2. The molecule has 7 heteroatoms. The van der Waals surface area contributed by atoms with Crippen molar-refractivity contribution in [1.82, 2.24) is 15.1 Å². The Hall–Kier alpha value is -1.89. The largest absolute Gasteiger partial charge is 0.433 e. The van der Waals surface area contributed by atoms with Crippen LogP contribution in [0.4, 0.5) is 17.6 Å². The molecule has 0 radical (unpaired) electrons. The number of rotatable bonds is 4. The maximum absolute atomic E-state index is 13.7. The Labute approximate surface area is 118 Å². The zero-order valence-corrected chi connectivity index (χ0v) is 11.0. The SMILES string of the molecule is Fc1ccccc1-n1ncc(CNC2CC2)c1C(F)(F)F. The molecule has 1 aromatic carbocycles. The highest BCUT2D eigenvalue weighted by Gasteiger charge is 2.39. The van der Waals surface area contributed by atoms with E-state index >= 15 is 0 Å². The minimum Gasteiger partial charge on any atom is -0.310 e. The molecular weight excluding hydrogens is 286 g/mol. The number of alkyl halides is 3. The first-order chi connectivity index (χ1) is 9.97. The maximum Gasteiger partial charge on any atom is 0.433 e. The van der Waals surface area contributed by atoms with Gasteiger partial charge >= 0.3 is 6.18 Å². The molecule has 112 valence electrons. The third kappa shape index (κ3) is 2.92. The number of benzene rings is 1. The van der Waals surface area contributed by atoms with Crippen LogP contribution in [-0.2, 0) is 12.7 Å². The minimum absolute atomic E-state index is 0.0256. The van der Waals surface area contributed by atoms with Crippen molar-refractivity contribution in [2.24, 2.45) is 0 Å². The highest BCUT2D eigenvalue weighted by molar-refractivity contribution is 5.37. The van der Waals surface area contributed by atoms with Crippen molar-refractivity contribution in [3.63, 3.8) is 0 Å². The van der Waals surface area contributed by atoms with Crippen molar-refractivity contribution in [2.75, 3.05) is 0 Å². The Kier molecular flexibility index (Phi) is 3.44. The molecule has 1 saturated carbocycles. The van der Waals surface area contributed by atoms with E-state index in [0.29, 0.717) is 4.68 Å². The van der Waals surface area contributed by atoms with Crippen LogP contribution in [0.15, 0.2) is 30.5 Å². The molecule has 0 unspecified atom stereocenters. The molecule has 3 nitrogen and oxygen atoms in total. The molecule has 3 rings (SSSR count). The molecule has 0 aliphatic heterocycles. The fraction of sp³-hybridized carbons (Fsp3) is 0.357. The lowest BCUT2D eigenvalue weighted by Gasteiger charge is -2.13. The first-order valence-electron chi connectivity index (χ1n) is 6.59. The molecule has 2 aromatic rings. The zero-order chi connectivity index (χ0) is 15.0. The van der Waals surface area contributed by atoms with Crippen molar-refractivity contribution in [3.8, 4) is 5.69 Å². The van der Waals surface area contributed by atoms with Crippen LogP contribution in [0.25, 0.3) is 5.69 Å². The lowest BCUT2D eigenvalue weighted by Crippen LogP contribution is -2.21. The van der Waals surface area contributed by atoms with Crippen LogP contribution in [0.2, 0.25) is 0 Å². The van der Waals surface area contributed by atoms with Gasteiger partial charge in [0.15, 0.2) is 5.69 Å². The summed E-state index contributed by atoms with van der Waals surface area (Å²) in [5, 5.41) is 6.75. The average Bonchev–Trinajstić information content (AvgIpc) is 3.14. The number of nitrogens with zero attached hydrogens (tertiary/aromatic N) is 2. The summed E-state index contributed by atoms with van der Waals surface area (Å²) in [5.74, 6) is -0.743. The lowest BCUT2D eigenvalue weighted by molar-refractivity contribution is -0.143. The van der Waals surface area contributed by atoms with E-state index in [1.807, 2.05) is 0 Å². The average molecular weight is 299 g/mol. The van der Waals surface area contributed by atoms with Crippen LogP contribution >= 0.6 is 0 Å². The summed E-state index contributed by atoms with van der Waals surface area (Å²) in [6.07, 6.45) is -1.50. The summed E-state index contributed by atoms with van der Waals surface area (Å²) in [5.41, 5.74) is -1.11. The second kappa shape index (κ2) is 5.14. The van der Waals surface area contributed by atoms with Gasteiger partial charge in [-0.05, 0) is 25.0 Å². The molecule has 1 aliphatic rings. The van der Waals surface area contributed by atoms with E-state index < -0.39 is 17.7 Å². The van der Waals surface area contributed by atoms with E-state index in [-0.39, 0.29) is 23.8 Å². The molecule has 1 N–H and O–H groups in total. The Morgan fingerprint density at radius 1 is 1.24 bits per heavy atom. The third-order valence-electron chi connectivity index (χ3n) is 3.35. The summed E-state index contributed by atoms with van der Waals surface area (Å²) in [4.78, 5) is 0. The Balaban J connectivity index is 2.01. The first-order valence-corrected chi connectivity index (χ1v) is 6.59. The molecule has 1 heterocycles. The normalized spacial score (nSPS) is 15.4. The van der Waals surface area contributed by atoms with Gasteiger partial charge in [0, 0.05) is 18.2 Å². The molecule has 1 aromatic heterocycles. The van der Waals surface area contributed by atoms with Crippen molar-refractivity contribution in [2.45, 2.75) is 31.6 Å². The first kappa shape index (κ1) is 14.1. The summed E-state index contributed by atoms with van der Waals surface area (Å²) >= 11 is 0. The molecule has 0 saturated heterocycles. The van der Waals surface area contributed by atoms with E-state index in [9.17, 15) is 17.6 Å². The lowest BCUT2D eigenvalue weighted by atomic mass is 10.2. The smallest absolute Gasteiger partial charge is 0.310 e. The molecule has 1 aliphatic carbocycles. The second-order valence-corrected chi connectivity index (χ2v) is 5.03. The number of halogens is 4. The van der Waals surface area contributed by atoms with Gasteiger partial charge in [-0.1, -0.05) is 12.1 Å². The van der Waals surface area contributed by atoms with Gasteiger partial charge in [0.05, 0.1) is 6.20 Å². The fourth-order valence-electron chi connectivity index (χ4n) is 2.16. The third-order valence-corrected chi connectivity index (χ3v) is 3.35. The summed E-state index contributed by atoms with van der Waals surface area (Å²) < 4.78 is 54.2. The van der Waals surface area contributed by atoms with E-state index in [1.165, 1.54) is 18.2 Å². The molecule has 0 spiro atoms. The van der Waals surface area contributed by atoms with Crippen LogP contribution in [0.5, 0.6) is 0 Å². The van der Waals surface area contributed by atoms with Gasteiger partial charge in [-0.15, -0.1) is 0 Å². The van der Waals surface area contributed by atoms with E-state index in [2.05, 4.69) is 10.4 Å². The monoisotopic (exact) mass is 299 g/mol. The molecular formula is C14H13F4N3. The van der Waals surface area contributed by atoms with Gasteiger partial charge in [-0.25, -0.2) is 9.07 Å². The van der Waals surface area contributed by atoms with Gasteiger partial charge in [0.25, 0.3) is 0 Å². The number of para-hydroxylation sites is 1. The summed E-state index contributed by atoms with van der Waals surface area (Å²) in [6, 6.07) is 5.56. The Bertz CT molecular complexity index is 644.